The number of hydrogen-bond acceptors (Lipinski definition) is 4. The van der Waals surface area contributed by atoms with Crippen molar-refractivity contribution in [3.8, 4) is 0 Å². The van der Waals surface area contributed by atoms with E-state index in [1.807, 2.05) is 23.1 Å². The first-order valence-electron chi connectivity index (χ1n) is 9.44. The van der Waals surface area contributed by atoms with Gasteiger partial charge in [-0.1, -0.05) is 42.5 Å². The van der Waals surface area contributed by atoms with Crippen molar-refractivity contribution >= 4 is 21.8 Å². The maximum atomic E-state index is 13.0. The topological polar surface area (TPSA) is 70.1 Å². The van der Waals surface area contributed by atoms with E-state index in [4.69, 9.17) is 0 Å². The third kappa shape index (κ3) is 3.54. The summed E-state index contributed by atoms with van der Waals surface area (Å²) in [5.74, 6) is 0.341. The quantitative estimate of drug-likeness (QED) is 0.794. The predicted octanol–water partition coefficient (Wildman–Crippen LogP) is 2.30. The summed E-state index contributed by atoms with van der Waals surface area (Å²) in [6.45, 7) is 0.847. The lowest BCUT2D eigenvalue weighted by Gasteiger charge is -2.28. The average Bonchev–Trinajstić information content (AvgIpc) is 3.25. The van der Waals surface area contributed by atoms with Crippen LogP contribution in [0.25, 0.3) is 0 Å². The number of amidine groups is 1. The van der Waals surface area contributed by atoms with Crippen molar-refractivity contribution in [1.82, 2.24) is 9.80 Å². The standard InChI is InChI=1S/C21H23N3O3S/c1-23(21-18-11-5-6-12-19(18)28(26,27)22-21)15-20(25)24-13-7-10-17(24)14-16-8-3-2-4-9-16/h2-6,8-9,11-12,17H,7,10,13-15H2,1H3. The third-order valence-electron chi connectivity index (χ3n) is 5.36. The lowest BCUT2D eigenvalue weighted by atomic mass is 10.0. The number of likely N-dealkylation sites (N-methyl/N-ethyl adjacent to an activating group) is 1. The zero-order chi connectivity index (χ0) is 19.7. The van der Waals surface area contributed by atoms with Crippen LogP contribution in [0.4, 0.5) is 0 Å². The normalized spacial score (nSPS) is 20.0. The first-order valence-corrected chi connectivity index (χ1v) is 10.9. The predicted molar refractivity (Wildman–Crippen MR) is 108 cm³/mol. The van der Waals surface area contributed by atoms with Crippen LogP contribution >= 0.6 is 0 Å². The number of fused-ring (bicyclic) bond motifs is 1. The van der Waals surface area contributed by atoms with Crippen LogP contribution in [0.3, 0.4) is 0 Å². The molecule has 0 radical (unpaired) electrons. The molecule has 2 aromatic rings. The van der Waals surface area contributed by atoms with Crippen LogP contribution in [0, 0.1) is 0 Å². The summed E-state index contributed by atoms with van der Waals surface area (Å²) in [6, 6.07) is 17.1. The number of sulfonamides is 1. The zero-order valence-electron chi connectivity index (χ0n) is 15.8. The molecule has 4 rings (SSSR count). The minimum Gasteiger partial charge on any atom is -0.349 e. The highest BCUT2D eigenvalue weighted by molar-refractivity contribution is 7.90. The summed E-state index contributed by atoms with van der Waals surface area (Å²) in [5, 5.41) is 0. The Hall–Kier alpha value is -2.67. The number of benzene rings is 2. The van der Waals surface area contributed by atoms with Gasteiger partial charge in [-0.15, -0.1) is 4.40 Å². The van der Waals surface area contributed by atoms with Gasteiger partial charge in [-0.05, 0) is 37.0 Å². The molecule has 2 aliphatic rings. The van der Waals surface area contributed by atoms with E-state index in [2.05, 4.69) is 16.5 Å². The Labute approximate surface area is 165 Å². The van der Waals surface area contributed by atoms with E-state index in [1.54, 1.807) is 36.2 Å². The van der Waals surface area contributed by atoms with Gasteiger partial charge in [0, 0.05) is 25.2 Å². The molecule has 1 amide bonds. The molecule has 7 heteroatoms. The minimum absolute atomic E-state index is 0.00501. The van der Waals surface area contributed by atoms with Crippen LogP contribution in [0.1, 0.15) is 24.0 Å². The number of carbonyl (C=O) groups is 1. The van der Waals surface area contributed by atoms with Crippen molar-refractivity contribution in [3.63, 3.8) is 0 Å². The fourth-order valence-corrected chi connectivity index (χ4v) is 5.25. The van der Waals surface area contributed by atoms with Gasteiger partial charge in [0.2, 0.25) is 5.91 Å². The van der Waals surface area contributed by atoms with E-state index in [0.717, 1.165) is 25.8 Å². The van der Waals surface area contributed by atoms with Crippen molar-refractivity contribution in [2.45, 2.75) is 30.2 Å². The van der Waals surface area contributed by atoms with Crippen molar-refractivity contribution in [2.75, 3.05) is 20.1 Å². The SMILES string of the molecule is CN(CC(=O)N1CCCC1Cc1ccccc1)C1=NS(=O)(=O)c2ccccc21. The summed E-state index contributed by atoms with van der Waals surface area (Å²) in [4.78, 5) is 16.7. The van der Waals surface area contributed by atoms with Gasteiger partial charge in [0.15, 0.2) is 5.84 Å². The number of carbonyl (C=O) groups excluding carboxylic acids is 1. The van der Waals surface area contributed by atoms with Crippen LogP contribution < -0.4 is 0 Å². The van der Waals surface area contributed by atoms with Gasteiger partial charge in [0.1, 0.15) is 4.90 Å². The molecule has 6 nitrogen and oxygen atoms in total. The maximum absolute atomic E-state index is 13.0. The molecule has 1 atom stereocenters. The Balaban J connectivity index is 1.48. The van der Waals surface area contributed by atoms with Gasteiger partial charge in [0.25, 0.3) is 10.0 Å². The smallest absolute Gasteiger partial charge is 0.285 e. The zero-order valence-corrected chi connectivity index (χ0v) is 16.6. The Morgan fingerprint density at radius 3 is 2.64 bits per heavy atom. The van der Waals surface area contributed by atoms with E-state index in [9.17, 15) is 13.2 Å². The molecular weight excluding hydrogens is 374 g/mol. The largest absolute Gasteiger partial charge is 0.349 e. The second-order valence-electron chi connectivity index (χ2n) is 7.32. The summed E-state index contributed by atoms with van der Waals surface area (Å²) in [5.41, 5.74) is 1.78. The minimum atomic E-state index is -3.68. The number of amides is 1. The summed E-state index contributed by atoms with van der Waals surface area (Å²) >= 11 is 0. The second kappa shape index (κ2) is 7.39. The molecule has 0 aliphatic carbocycles. The molecule has 2 aliphatic heterocycles. The molecule has 1 unspecified atom stereocenters. The molecule has 2 heterocycles. The maximum Gasteiger partial charge on any atom is 0.285 e. The van der Waals surface area contributed by atoms with Crippen molar-refractivity contribution in [2.24, 2.45) is 4.40 Å². The van der Waals surface area contributed by atoms with Crippen molar-refractivity contribution < 1.29 is 13.2 Å². The van der Waals surface area contributed by atoms with Gasteiger partial charge in [-0.3, -0.25) is 4.79 Å². The van der Waals surface area contributed by atoms with Gasteiger partial charge >= 0.3 is 0 Å². The van der Waals surface area contributed by atoms with Crippen LogP contribution in [-0.2, 0) is 21.2 Å². The molecule has 0 aromatic heterocycles. The van der Waals surface area contributed by atoms with E-state index < -0.39 is 10.0 Å². The fraction of sp³-hybridized carbons (Fsp3) is 0.333. The molecule has 2 aromatic carbocycles. The molecular formula is C21H23N3O3S. The van der Waals surface area contributed by atoms with Gasteiger partial charge in [-0.25, -0.2) is 0 Å². The highest BCUT2D eigenvalue weighted by Crippen LogP contribution is 2.27. The van der Waals surface area contributed by atoms with Crippen molar-refractivity contribution in [1.29, 1.82) is 0 Å². The van der Waals surface area contributed by atoms with Crippen LogP contribution in [0.15, 0.2) is 63.9 Å². The Morgan fingerprint density at radius 2 is 1.86 bits per heavy atom. The van der Waals surface area contributed by atoms with Crippen LogP contribution in [0.2, 0.25) is 0 Å². The summed E-state index contributed by atoms with van der Waals surface area (Å²) in [7, 11) is -1.97. The molecule has 0 saturated carbocycles. The van der Waals surface area contributed by atoms with Crippen LogP contribution in [-0.4, -0.2) is 56.1 Å². The molecule has 0 bridgehead atoms. The lowest BCUT2D eigenvalue weighted by molar-refractivity contribution is -0.132. The Bertz CT molecular complexity index is 1020. The van der Waals surface area contributed by atoms with Gasteiger partial charge in [0.05, 0.1) is 6.54 Å². The van der Waals surface area contributed by atoms with E-state index in [0.29, 0.717) is 11.4 Å². The Morgan fingerprint density at radius 1 is 1.14 bits per heavy atom. The number of likely N-dealkylation sites (tertiary alicyclic amines) is 1. The number of rotatable bonds is 4. The fourth-order valence-electron chi connectivity index (χ4n) is 3.99. The first-order chi connectivity index (χ1) is 13.5. The van der Waals surface area contributed by atoms with E-state index in [-0.39, 0.29) is 23.4 Å². The average molecular weight is 398 g/mol. The highest BCUT2D eigenvalue weighted by atomic mass is 32.2. The molecule has 146 valence electrons. The molecule has 0 N–H and O–H groups in total. The van der Waals surface area contributed by atoms with Gasteiger partial charge in [-0.2, -0.15) is 8.42 Å². The summed E-state index contributed by atoms with van der Waals surface area (Å²) in [6.07, 6.45) is 2.82. The summed E-state index contributed by atoms with van der Waals surface area (Å²) < 4.78 is 28.4. The van der Waals surface area contributed by atoms with Crippen LogP contribution in [0.5, 0.6) is 0 Å². The van der Waals surface area contributed by atoms with Gasteiger partial charge < -0.3 is 9.80 Å². The molecule has 1 fully saturated rings. The monoisotopic (exact) mass is 397 g/mol. The first kappa shape index (κ1) is 18.7. The van der Waals surface area contributed by atoms with Crippen molar-refractivity contribution in [3.05, 3.63) is 65.7 Å². The number of hydrogen-bond donors (Lipinski definition) is 0. The molecule has 28 heavy (non-hydrogen) atoms. The lowest BCUT2D eigenvalue weighted by Crippen LogP contribution is -2.44. The third-order valence-corrected chi connectivity index (χ3v) is 6.68. The Kier molecular flexibility index (Phi) is 4.93. The highest BCUT2D eigenvalue weighted by Gasteiger charge is 2.33. The molecule has 0 spiro atoms. The molecule has 1 saturated heterocycles. The van der Waals surface area contributed by atoms with E-state index in [1.165, 1.54) is 5.56 Å². The second-order valence-corrected chi connectivity index (χ2v) is 8.89. The number of nitrogens with zero attached hydrogens (tertiary/aromatic N) is 3. The van der Waals surface area contributed by atoms with E-state index >= 15 is 0 Å².